The van der Waals surface area contributed by atoms with Crippen LogP contribution in [0, 0.1) is 5.92 Å². The Balaban J connectivity index is 1.67. The number of anilines is 1. The van der Waals surface area contributed by atoms with E-state index in [9.17, 15) is 13.2 Å². The molecule has 1 aromatic carbocycles. The summed E-state index contributed by atoms with van der Waals surface area (Å²) in [4.78, 5) is 17.5. The van der Waals surface area contributed by atoms with Crippen molar-refractivity contribution < 1.29 is 17.9 Å². The molecule has 6 nitrogen and oxygen atoms in total. The van der Waals surface area contributed by atoms with Gasteiger partial charge in [-0.15, -0.1) is 0 Å². The van der Waals surface area contributed by atoms with Gasteiger partial charge in [-0.3, -0.25) is 4.98 Å². The lowest BCUT2D eigenvalue weighted by atomic mass is 10.1. The van der Waals surface area contributed by atoms with Crippen molar-refractivity contribution in [1.82, 2.24) is 19.9 Å². The quantitative estimate of drug-likeness (QED) is 0.271. The van der Waals surface area contributed by atoms with Gasteiger partial charge in [0.05, 0.1) is 16.6 Å². The van der Waals surface area contributed by atoms with Gasteiger partial charge in [0.1, 0.15) is 18.1 Å². The van der Waals surface area contributed by atoms with Gasteiger partial charge >= 0.3 is 6.18 Å². The standard InChI is InChI=1S/C26H25ClF3N5O/c1-16(2)14-36-15-22-34-24(32-13-11-17-5-7-18(27)8-6-17)19-9-10-21(33-25(19)35-22)23-20(26(28,29)30)4-3-12-31-23/h3-10,12,16H,11,13-15H2,1-2H3,(H,32,33,34,35). The van der Waals surface area contributed by atoms with Crippen molar-refractivity contribution in [2.75, 3.05) is 18.5 Å². The van der Waals surface area contributed by atoms with Crippen molar-refractivity contribution in [2.45, 2.75) is 33.1 Å². The summed E-state index contributed by atoms with van der Waals surface area (Å²) in [5.74, 6) is 1.25. The summed E-state index contributed by atoms with van der Waals surface area (Å²) < 4.78 is 46.4. The Hall–Kier alpha value is -3.30. The fraction of sp³-hybridized carbons (Fsp3) is 0.308. The number of benzene rings is 1. The first kappa shape index (κ1) is 25.8. The Bertz CT molecular complexity index is 1330. The van der Waals surface area contributed by atoms with Crippen molar-refractivity contribution in [1.29, 1.82) is 0 Å². The van der Waals surface area contributed by atoms with E-state index in [0.717, 1.165) is 18.1 Å². The second kappa shape index (κ2) is 11.2. The Labute approximate surface area is 211 Å². The second-order valence-electron chi connectivity index (χ2n) is 8.67. The first-order valence-corrected chi connectivity index (χ1v) is 11.8. The fourth-order valence-electron chi connectivity index (χ4n) is 3.59. The van der Waals surface area contributed by atoms with Crippen molar-refractivity contribution in [2.24, 2.45) is 5.92 Å². The van der Waals surface area contributed by atoms with Gasteiger partial charge in [-0.1, -0.05) is 37.6 Å². The number of fused-ring (bicyclic) bond motifs is 1. The number of alkyl halides is 3. The minimum absolute atomic E-state index is 0.0790. The van der Waals surface area contributed by atoms with Gasteiger partial charge in [-0.2, -0.15) is 13.2 Å². The van der Waals surface area contributed by atoms with Crippen molar-refractivity contribution >= 4 is 28.5 Å². The lowest BCUT2D eigenvalue weighted by Gasteiger charge is -2.14. The van der Waals surface area contributed by atoms with Crippen LogP contribution in [0.2, 0.25) is 5.02 Å². The minimum atomic E-state index is -4.56. The third-order valence-electron chi connectivity index (χ3n) is 5.26. The average molecular weight is 516 g/mol. The lowest BCUT2D eigenvalue weighted by Crippen LogP contribution is -2.12. The highest BCUT2D eigenvalue weighted by Crippen LogP contribution is 2.35. The molecule has 0 amide bonds. The van der Waals surface area contributed by atoms with Crippen LogP contribution in [-0.2, 0) is 23.9 Å². The molecule has 0 atom stereocenters. The Kier molecular flexibility index (Phi) is 8.01. The zero-order valence-electron chi connectivity index (χ0n) is 19.8. The molecule has 0 aliphatic carbocycles. The molecule has 0 aliphatic heterocycles. The molecular weight excluding hydrogens is 491 g/mol. The Morgan fingerprint density at radius 2 is 1.78 bits per heavy atom. The van der Waals surface area contributed by atoms with Gasteiger partial charge in [0.15, 0.2) is 11.5 Å². The lowest BCUT2D eigenvalue weighted by molar-refractivity contribution is -0.137. The number of rotatable bonds is 9. The van der Waals surface area contributed by atoms with E-state index in [4.69, 9.17) is 16.3 Å². The van der Waals surface area contributed by atoms with Crippen LogP contribution in [0.15, 0.2) is 54.7 Å². The second-order valence-corrected chi connectivity index (χ2v) is 9.10. The first-order valence-electron chi connectivity index (χ1n) is 11.5. The van der Waals surface area contributed by atoms with Gasteiger partial charge in [0.25, 0.3) is 0 Å². The van der Waals surface area contributed by atoms with Crippen LogP contribution in [0.5, 0.6) is 0 Å². The van der Waals surface area contributed by atoms with Gasteiger partial charge in [0, 0.05) is 24.4 Å². The molecule has 10 heteroatoms. The Morgan fingerprint density at radius 3 is 2.50 bits per heavy atom. The maximum absolute atomic E-state index is 13.6. The molecule has 0 unspecified atom stereocenters. The highest BCUT2D eigenvalue weighted by Gasteiger charge is 2.34. The van der Waals surface area contributed by atoms with E-state index in [2.05, 4.69) is 25.3 Å². The summed E-state index contributed by atoms with van der Waals surface area (Å²) in [5.41, 5.74) is 0.336. The number of nitrogens with zero attached hydrogens (tertiary/aromatic N) is 4. The van der Waals surface area contributed by atoms with E-state index >= 15 is 0 Å². The molecule has 0 saturated carbocycles. The van der Waals surface area contributed by atoms with E-state index in [0.29, 0.717) is 41.1 Å². The van der Waals surface area contributed by atoms with Crippen LogP contribution in [0.4, 0.5) is 19.0 Å². The monoisotopic (exact) mass is 515 g/mol. The molecule has 188 valence electrons. The summed E-state index contributed by atoms with van der Waals surface area (Å²) >= 11 is 5.96. The molecule has 0 saturated heterocycles. The summed E-state index contributed by atoms with van der Waals surface area (Å²) in [5, 5.41) is 4.57. The van der Waals surface area contributed by atoms with Crippen molar-refractivity contribution in [3.05, 3.63) is 76.7 Å². The predicted molar refractivity (Wildman–Crippen MR) is 134 cm³/mol. The van der Waals surface area contributed by atoms with E-state index in [1.165, 1.54) is 18.3 Å². The number of hydrogen-bond donors (Lipinski definition) is 1. The summed E-state index contributed by atoms with van der Waals surface area (Å²) in [6.45, 7) is 5.31. The molecule has 3 heterocycles. The van der Waals surface area contributed by atoms with E-state index in [1.54, 1.807) is 6.07 Å². The predicted octanol–water partition coefficient (Wildman–Crippen LogP) is 6.59. The number of aromatic nitrogens is 4. The number of nitrogens with one attached hydrogen (secondary N) is 1. The molecule has 3 aromatic heterocycles. The van der Waals surface area contributed by atoms with Crippen LogP contribution in [0.3, 0.4) is 0 Å². The molecule has 0 spiro atoms. The van der Waals surface area contributed by atoms with Crippen molar-refractivity contribution in [3.63, 3.8) is 0 Å². The highest BCUT2D eigenvalue weighted by molar-refractivity contribution is 6.30. The number of halogens is 4. The SMILES string of the molecule is CC(C)COCc1nc(NCCc2ccc(Cl)cc2)c2ccc(-c3ncccc3C(F)(F)F)nc2n1. The van der Waals surface area contributed by atoms with Crippen molar-refractivity contribution in [3.8, 4) is 11.4 Å². The third kappa shape index (κ3) is 6.47. The van der Waals surface area contributed by atoms with E-state index in [-0.39, 0.29) is 23.6 Å². The van der Waals surface area contributed by atoms with Gasteiger partial charge in [-0.25, -0.2) is 15.0 Å². The zero-order chi connectivity index (χ0) is 25.7. The van der Waals surface area contributed by atoms with Crippen LogP contribution in [-0.4, -0.2) is 33.1 Å². The van der Waals surface area contributed by atoms with Crippen LogP contribution >= 0.6 is 11.6 Å². The van der Waals surface area contributed by atoms with Crippen LogP contribution in [0.25, 0.3) is 22.4 Å². The molecule has 0 radical (unpaired) electrons. The van der Waals surface area contributed by atoms with Gasteiger partial charge < -0.3 is 10.1 Å². The molecule has 36 heavy (non-hydrogen) atoms. The van der Waals surface area contributed by atoms with E-state index in [1.807, 2.05) is 38.1 Å². The highest BCUT2D eigenvalue weighted by atomic mass is 35.5. The average Bonchev–Trinajstić information content (AvgIpc) is 2.84. The fourth-order valence-corrected chi connectivity index (χ4v) is 3.71. The third-order valence-corrected chi connectivity index (χ3v) is 5.52. The number of hydrogen-bond acceptors (Lipinski definition) is 6. The summed E-state index contributed by atoms with van der Waals surface area (Å²) in [6, 6.07) is 13.0. The maximum atomic E-state index is 13.6. The zero-order valence-corrected chi connectivity index (χ0v) is 20.6. The smallest absolute Gasteiger partial charge is 0.373 e. The van der Waals surface area contributed by atoms with Crippen LogP contribution in [0.1, 0.15) is 30.8 Å². The molecule has 0 fully saturated rings. The topological polar surface area (TPSA) is 72.8 Å². The molecule has 0 aliphatic rings. The van der Waals surface area contributed by atoms with Gasteiger partial charge in [0.2, 0.25) is 0 Å². The maximum Gasteiger partial charge on any atom is 0.418 e. The first-order chi connectivity index (χ1) is 17.2. The van der Waals surface area contributed by atoms with E-state index < -0.39 is 11.7 Å². The Morgan fingerprint density at radius 1 is 1.00 bits per heavy atom. The molecule has 1 N–H and O–H groups in total. The number of ether oxygens (including phenoxy) is 1. The molecular formula is C26H25ClF3N5O. The van der Waals surface area contributed by atoms with Crippen LogP contribution < -0.4 is 5.32 Å². The minimum Gasteiger partial charge on any atom is -0.373 e. The number of pyridine rings is 2. The summed E-state index contributed by atoms with van der Waals surface area (Å²) in [7, 11) is 0. The normalized spacial score (nSPS) is 11.9. The molecule has 0 bridgehead atoms. The van der Waals surface area contributed by atoms with Gasteiger partial charge in [-0.05, 0) is 54.3 Å². The molecule has 4 rings (SSSR count). The largest absolute Gasteiger partial charge is 0.418 e. The molecule has 4 aromatic rings. The summed E-state index contributed by atoms with van der Waals surface area (Å²) in [6.07, 6.45) is -2.53.